The average molecular weight is 484 g/mol. The molecule has 1 unspecified atom stereocenters. The van der Waals surface area contributed by atoms with Gasteiger partial charge in [-0.25, -0.2) is 14.4 Å². The van der Waals surface area contributed by atoms with E-state index in [1.165, 1.54) is 6.07 Å². The van der Waals surface area contributed by atoms with Crippen molar-refractivity contribution >= 4 is 43.0 Å². The molecule has 0 aromatic carbocycles. The third kappa shape index (κ3) is 8.10. The molecule has 1 atom stereocenters. The Bertz CT molecular complexity index is 1080. The number of nitrogens with one attached hydrogen (secondary N) is 1. The molecule has 0 radical (unpaired) electrons. The Hall–Kier alpha value is -2.20. The number of hydrogen-bond donors (Lipinski definition) is 5. The maximum atomic E-state index is 13.2. The Morgan fingerprint density at radius 1 is 1.23 bits per heavy atom. The van der Waals surface area contributed by atoms with Crippen LogP contribution in [-0.2, 0) is 20.2 Å². The molecule has 2 aromatic heterocycles. The number of hydrogen-bond acceptors (Lipinski definition) is 10. The van der Waals surface area contributed by atoms with E-state index in [4.69, 9.17) is 14.8 Å². The van der Waals surface area contributed by atoms with E-state index in [9.17, 15) is 26.3 Å². The number of aliphatic hydroxyl groups excluding tert-OH is 1. The van der Waals surface area contributed by atoms with Crippen molar-refractivity contribution in [2.45, 2.75) is 50.2 Å². The first-order chi connectivity index (χ1) is 14.1. The van der Waals surface area contributed by atoms with Gasteiger partial charge < -0.3 is 16.2 Å². The van der Waals surface area contributed by atoms with Gasteiger partial charge in [0.1, 0.15) is 11.3 Å². The lowest BCUT2D eigenvalue weighted by molar-refractivity contribution is 0.212. The largest absolute Gasteiger partial charge is 0.394 e. The van der Waals surface area contributed by atoms with Crippen molar-refractivity contribution in [3.63, 3.8) is 0 Å². The summed E-state index contributed by atoms with van der Waals surface area (Å²) in [5.41, 5.74) is 5.88. The van der Waals surface area contributed by atoms with Crippen LogP contribution in [0.3, 0.4) is 0 Å². The number of nitrogens with zero attached hydrogens (tertiary/aromatic N) is 3. The van der Waals surface area contributed by atoms with Gasteiger partial charge in [-0.15, -0.1) is 0 Å². The molecule has 0 saturated heterocycles. The first-order valence-corrected chi connectivity index (χ1v) is 12.0. The van der Waals surface area contributed by atoms with E-state index in [1.54, 1.807) is 0 Å². The minimum Gasteiger partial charge on any atom is -0.394 e. The van der Waals surface area contributed by atoms with E-state index in [1.807, 2.05) is 6.92 Å². The van der Waals surface area contributed by atoms with E-state index >= 15 is 0 Å². The number of unbranched alkanes of at least 4 members (excludes halogenated alkanes) is 1. The Balaban J connectivity index is 0.000000407. The van der Waals surface area contributed by atoms with Crippen molar-refractivity contribution in [2.24, 2.45) is 0 Å². The minimum absolute atomic E-state index is 0.0354. The van der Waals surface area contributed by atoms with Crippen LogP contribution in [0.2, 0.25) is 0 Å². The number of aliphatic hydroxyl groups is 1. The summed E-state index contributed by atoms with van der Waals surface area (Å²) in [7, 11) is -9.40. The molecule has 0 aliphatic heterocycles. The van der Waals surface area contributed by atoms with Gasteiger partial charge in [0.05, 0.1) is 23.9 Å². The molecule has 2 aromatic rings. The first kappa shape index (κ1) is 26.8. The summed E-state index contributed by atoms with van der Waals surface area (Å²) in [6.07, 6.45) is 3.86. The van der Waals surface area contributed by atoms with Gasteiger partial charge in [-0.2, -0.15) is 21.8 Å². The molecule has 15 heteroatoms. The third-order valence-corrected chi connectivity index (χ3v) is 7.35. The summed E-state index contributed by atoms with van der Waals surface area (Å²) >= 11 is 0. The maximum Gasteiger partial charge on any atom is 0.284 e. The van der Waals surface area contributed by atoms with Gasteiger partial charge >= 0.3 is 0 Å². The fraction of sp³-hybridized carbons (Fsp3) is 0.562. The third-order valence-electron chi connectivity index (χ3n) is 4.21. The van der Waals surface area contributed by atoms with Crippen LogP contribution >= 0.6 is 0 Å². The predicted molar refractivity (Wildman–Crippen MR) is 113 cm³/mol. The first-order valence-electron chi connectivity index (χ1n) is 9.03. The molecular weight excluding hydrogens is 457 g/mol. The van der Waals surface area contributed by atoms with Gasteiger partial charge in [0.2, 0.25) is 10.5 Å². The zero-order valence-corrected chi connectivity index (χ0v) is 18.8. The monoisotopic (exact) mass is 483 g/mol. The standard InChI is InChI=1S/C14H20FN5O.C2H6O6S2/c1-3-4-5-14(2,8-21)20-12-11-10(18-13(16)19-12)6-9(15)7-17-11;1-2(9(3,4)5)10(6,7)8/h6-7,21H,3-5,8H2,1-2H3,(H3,16,18,19,20);2H,1H3,(H,3,4,5)(H,6,7,8). The number of pyridine rings is 1. The number of nitrogen functional groups attached to an aromatic ring is 1. The van der Waals surface area contributed by atoms with Gasteiger partial charge in [0, 0.05) is 6.07 Å². The number of halogens is 1. The lowest BCUT2D eigenvalue weighted by Gasteiger charge is -2.29. The van der Waals surface area contributed by atoms with Crippen molar-refractivity contribution in [3.8, 4) is 0 Å². The van der Waals surface area contributed by atoms with E-state index in [0.717, 1.165) is 25.5 Å². The smallest absolute Gasteiger partial charge is 0.284 e. The molecular formula is C16H26FN5O7S2. The summed E-state index contributed by atoms with van der Waals surface area (Å²) in [6, 6.07) is 1.26. The molecule has 176 valence electrons. The molecule has 0 fully saturated rings. The quantitative estimate of drug-likeness (QED) is 0.336. The fourth-order valence-corrected chi connectivity index (χ4v) is 3.52. The number of rotatable bonds is 8. The number of anilines is 2. The SMILES string of the molecule is CC(S(=O)(=O)O)S(=O)(=O)O.CCCCC(C)(CO)Nc1nc(N)nc2cc(F)cnc12. The highest BCUT2D eigenvalue weighted by Crippen LogP contribution is 2.25. The normalized spacial score (nSPS) is 14.1. The van der Waals surface area contributed by atoms with Crippen LogP contribution in [0, 0.1) is 5.82 Å². The molecule has 0 aliphatic rings. The Kier molecular flexibility index (Phi) is 9.01. The van der Waals surface area contributed by atoms with Gasteiger partial charge in [0.25, 0.3) is 20.2 Å². The second-order valence-corrected chi connectivity index (χ2v) is 10.8. The van der Waals surface area contributed by atoms with E-state index in [-0.39, 0.29) is 12.6 Å². The van der Waals surface area contributed by atoms with Crippen LogP contribution in [0.5, 0.6) is 0 Å². The van der Waals surface area contributed by atoms with Gasteiger partial charge in [-0.3, -0.25) is 9.11 Å². The second-order valence-electron chi connectivity index (χ2n) is 7.00. The van der Waals surface area contributed by atoms with Gasteiger partial charge in [-0.05, 0) is 20.3 Å². The Morgan fingerprint density at radius 2 is 1.81 bits per heavy atom. The molecule has 0 bridgehead atoms. The zero-order chi connectivity index (χ0) is 24.0. The molecule has 2 heterocycles. The molecule has 0 amide bonds. The van der Waals surface area contributed by atoms with Crippen molar-refractivity contribution < 1.29 is 35.4 Å². The van der Waals surface area contributed by atoms with E-state index in [2.05, 4.69) is 27.2 Å². The van der Waals surface area contributed by atoms with Crippen molar-refractivity contribution in [1.29, 1.82) is 0 Å². The van der Waals surface area contributed by atoms with Crippen LogP contribution in [-0.4, -0.2) is 62.7 Å². The van der Waals surface area contributed by atoms with Crippen LogP contribution in [0.25, 0.3) is 11.0 Å². The predicted octanol–water partition coefficient (Wildman–Crippen LogP) is 1.21. The summed E-state index contributed by atoms with van der Waals surface area (Å²) in [5.74, 6) is -0.0409. The van der Waals surface area contributed by atoms with Crippen LogP contribution in [0.1, 0.15) is 40.0 Å². The van der Waals surface area contributed by atoms with Crippen molar-refractivity contribution in [2.75, 3.05) is 17.7 Å². The molecule has 2 rings (SSSR count). The zero-order valence-electron chi connectivity index (χ0n) is 17.1. The van der Waals surface area contributed by atoms with Gasteiger partial charge in [0.15, 0.2) is 5.82 Å². The molecule has 12 nitrogen and oxygen atoms in total. The number of nitrogens with two attached hydrogens (primary N) is 1. The molecule has 31 heavy (non-hydrogen) atoms. The summed E-state index contributed by atoms with van der Waals surface area (Å²) < 4.78 is 67.2. The lowest BCUT2D eigenvalue weighted by Crippen LogP contribution is -2.39. The topological polar surface area (TPSA) is 206 Å². The minimum atomic E-state index is -4.70. The summed E-state index contributed by atoms with van der Waals surface area (Å²) in [4.78, 5) is 12.1. The number of fused-ring (bicyclic) bond motifs is 1. The lowest BCUT2D eigenvalue weighted by atomic mass is 9.96. The van der Waals surface area contributed by atoms with Gasteiger partial charge in [-0.1, -0.05) is 19.8 Å². The second kappa shape index (κ2) is 10.4. The van der Waals surface area contributed by atoms with Crippen molar-refractivity contribution in [3.05, 3.63) is 18.1 Å². The highest BCUT2D eigenvalue weighted by Gasteiger charge is 2.29. The van der Waals surface area contributed by atoms with Crippen molar-refractivity contribution in [1.82, 2.24) is 15.0 Å². The summed E-state index contributed by atoms with van der Waals surface area (Å²) in [5, 5.41) is 12.8. The highest BCUT2D eigenvalue weighted by molar-refractivity contribution is 8.03. The maximum absolute atomic E-state index is 13.2. The fourth-order valence-electron chi connectivity index (χ4n) is 2.29. The average Bonchev–Trinajstić information content (AvgIpc) is 2.64. The van der Waals surface area contributed by atoms with Crippen LogP contribution < -0.4 is 11.1 Å². The van der Waals surface area contributed by atoms with E-state index < -0.39 is 36.2 Å². The Morgan fingerprint density at radius 3 is 2.26 bits per heavy atom. The summed E-state index contributed by atoms with van der Waals surface area (Å²) in [6.45, 7) is 4.58. The molecule has 0 saturated carbocycles. The number of aromatic nitrogens is 3. The van der Waals surface area contributed by atoms with Crippen LogP contribution in [0.15, 0.2) is 12.3 Å². The van der Waals surface area contributed by atoms with E-state index in [0.29, 0.717) is 23.8 Å². The molecule has 0 aliphatic carbocycles. The van der Waals surface area contributed by atoms with Crippen LogP contribution in [0.4, 0.5) is 16.2 Å². The molecule has 6 N–H and O–H groups in total. The highest BCUT2D eigenvalue weighted by atomic mass is 32.3. The Labute approximate surface area is 179 Å². The molecule has 0 spiro atoms.